The quantitative estimate of drug-likeness (QED) is 0.837. The van der Waals surface area contributed by atoms with Crippen LogP contribution in [0.3, 0.4) is 0 Å². The monoisotopic (exact) mass is 286 g/mol. The Kier molecular flexibility index (Phi) is 3.95. The van der Waals surface area contributed by atoms with Gasteiger partial charge in [-0.2, -0.15) is 8.78 Å². The molecular weight excluding hydrogens is 278 g/mol. The number of aromatic nitrogens is 2. The highest BCUT2D eigenvalue weighted by Gasteiger charge is 2.18. The van der Waals surface area contributed by atoms with Gasteiger partial charge in [-0.05, 0) is 22.4 Å². The minimum absolute atomic E-state index is 0.170. The van der Waals surface area contributed by atoms with Crippen LogP contribution in [-0.4, -0.2) is 22.0 Å². The Balaban J connectivity index is 2.19. The molecule has 6 nitrogen and oxygen atoms in total. The van der Waals surface area contributed by atoms with Gasteiger partial charge in [0.15, 0.2) is 0 Å². The third kappa shape index (κ3) is 3.19. The first kappa shape index (κ1) is 13.3. The highest BCUT2D eigenvalue weighted by Crippen LogP contribution is 2.31. The van der Waals surface area contributed by atoms with E-state index in [2.05, 4.69) is 20.3 Å². The fraction of sp³-hybridized carbons (Fsp3) is 0.100. The molecule has 0 aliphatic heterocycles. The van der Waals surface area contributed by atoms with Crippen LogP contribution in [0.25, 0.3) is 0 Å². The first-order valence-electron chi connectivity index (χ1n) is 5.01. The Morgan fingerprint density at radius 3 is 2.74 bits per heavy atom. The summed E-state index contributed by atoms with van der Waals surface area (Å²) in [7, 11) is 0. The number of carbonyl (C=O) groups excluding carboxylic acids is 1. The molecule has 1 amide bonds. The number of amides is 1. The van der Waals surface area contributed by atoms with E-state index in [9.17, 15) is 13.6 Å². The molecule has 0 saturated carbocycles. The van der Waals surface area contributed by atoms with E-state index < -0.39 is 11.7 Å². The number of benzene rings is 1. The number of halogens is 2. The number of nitrogens with zero attached hydrogens (tertiary/aromatic N) is 2. The number of anilines is 2. The molecule has 1 aromatic heterocycles. The van der Waals surface area contributed by atoms with Crippen LogP contribution in [0.15, 0.2) is 33.8 Å². The average molecular weight is 286 g/mol. The van der Waals surface area contributed by atoms with E-state index in [0.717, 1.165) is 0 Å². The zero-order valence-electron chi connectivity index (χ0n) is 9.34. The maximum absolute atomic E-state index is 12.4. The van der Waals surface area contributed by atoms with Crippen molar-refractivity contribution >= 4 is 29.2 Å². The van der Waals surface area contributed by atoms with E-state index in [1.807, 2.05) is 0 Å². The van der Waals surface area contributed by atoms with Crippen LogP contribution in [0.5, 0.6) is 0 Å². The topological polar surface area (TPSA) is 94.0 Å². The van der Waals surface area contributed by atoms with Crippen molar-refractivity contribution < 1.29 is 18.2 Å². The second kappa shape index (κ2) is 5.65. The molecule has 2 aromatic rings. The molecule has 0 atom stereocenters. The second-order valence-corrected chi connectivity index (χ2v) is 4.36. The van der Waals surface area contributed by atoms with E-state index in [1.54, 1.807) is 12.1 Å². The second-order valence-electron chi connectivity index (χ2n) is 3.33. The summed E-state index contributed by atoms with van der Waals surface area (Å²) >= 11 is 0.330. The van der Waals surface area contributed by atoms with Crippen LogP contribution < -0.4 is 11.1 Å². The van der Waals surface area contributed by atoms with Gasteiger partial charge in [-0.3, -0.25) is 4.79 Å². The molecular formula is C10H8F2N4O2S. The molecule has 1 heterocycles. The highest BCUT2D eigenvalue weighted by atomic mass is 32.2. The van der Waals surface area contributed by atoms with Crippen molar-refractivity contribution in [1.29, 1.82) is 0 Å². The number of rotatable bonds is 4. The molecule has 9 heteroatoms. The molecule has 0 unspecified atom stereocenters. The molecule has 0 bridgehead atoms. The number of hydrogen-bond donors (Lipinski definition) is 2. The van der Waals surface area contributed by atoms with Crippen LogP contribution in [0, 0.1) is 0 Å². The molecule has 0 aliphatic rings. The number of nitrogen functional groups attached to an aromatic ring is 1. The zero-order valence-corrected chi connectivity index (χ0v) is 10.2. The van der Waals surface area contributed by atoms with Crippen molar-refractivity contribution in [3.8, 4) is 0 Å². The van der Waals surface area contributed by atoms with E-state index in [-0.39, 0.29) is 22.1 Å². The number of nitrogens with one attached hydrogen (secondary N) is 1. The largest absolute Gasteiger partial charge is 0.379 e. The van der Waals surface area contributed by atoms with Crippen molar-refractivity contribution in [3.63, 3.8) is 0 Å². The van der Waals surface area contributed by atoms with Gasteiger partial charge in [0.05, 0.1) is 5.69 Å². The first-order valence-corrected chi connectivity index (χ1v) is 5.89. The number of thioether (sulfide) groups is 1. The van der Waals surface area contributed by atoms with Gasteiger partial charge in [-0.15, -0.1) is 0 Å². The van der Waals surface area contributed by atoms with Gasteiger partial charge in [0.25, 0.3) is 11.7 Å². The normalized spacial score (nSPS) is 10.7. The fourth-order valence-corrected chi connectivity index (χ4v) is 1.90. The molecule has 3 N–H and O–H groups in total. The summed E-state index contributed by atoms with van der Waals surface area (Å²) in [6.45, 7) is 0. The Hall–Kier alpha value is -2.16. The van der Waals surface area contributed by atoms with Crippen molar-refractivity contribution in [2.45, 2.75) is 10.7 Å². The third-order valence-corrected chi connectivity index (χ3v) is 2.87. The van der Waals surface area contributed by atoms with E-state index in [4.69, 9.17) is 5.73 Å². The molecule has 0 radical (unpaired) electrons. The highest BCUT2D eigenvalue weighted by molar-refractivity contribution is 7.99. The molecule has 100 valence electrons. The number of para-hydroxylation sites is 1. The Morgan fingerprint density at radius 2 is 2.11 bits per heavy atom. The predicted molar refractivity (Wildman–Crippen MR) is 65.0 cm³/mol. The Labute approximate surface area is 110 Å². The number of nitrogens with two attached hydrogens (primary N) is 1. The lowest BCUT2D eigenvalue weighted by molar-refractivity contribution is 0.101. The molecule has 1 aromatic carbocycles. The molecule has 0 aliphatic carbocycles. The molecule has 0 saturated heterocycles. The van der Waals surface area contributed by atoms with Crippen molar-refractivity contribution in [2.24, 2.45) is 0 Å². The number of alkyl halides is 2. The Bertz CT molecular complexity index is 590. The van der Waals surface area contributed by atoms with Crippen LogP contribution >= 0.6 is 11.8 Å². The van der Waals surface area contributed by atoms with Crippen molar-refractivity contribution in [3.05, 3.63) is 30.0 Å². The van der Waals surface area contributed by atoms with Crippen LogP contribution in [-0.2, 0) is 0 Å². The number of hydrogen-bond acceptors (Lipinski definition) is 6. The summed E-state index contributed by atoms with van der Waals surface area (Å²) in [5, 5.41) is 9.00. The van der Waals surface area contributed by atoms with Gasteiger partial charge in [0.2, 0.25) is 11.5 Å². The van der Waals surface area contributed by atoms with Gasteiger partial charge in [0, 0.05) is 4.90 Å². The summed E-state index contributed by atoms with van der Waals surface area (Å²) in [6, 6.07) is 6.16. The molecule has 19 heavy (non-hydrogen) atoms. The minimum atomic E-state index is -2.59. The Morgan fingerprint density at radius 1 is 1.37 bits per heavy atom. The van der Waals surface area contributed by atoms with Gasteiger partial charge in [-0.25, -0.2) is 4.63 Å². The lowest BCUT2D eigenvalue weighted by Crippen LogP contribution is -2.14. The SMILES string of the molecule is Nc1nonc1C(=O)Nc1ccccc1SC(F)F. The van der Waals surface area contributed by atoms with Crippen LogP contribution in [0.2, 0.25) is 0 Å². The van der Waals surface area contributed by atoms with Crippen LogP contribution in [0.1, 0.15) is 10.5 Å². The van der Waals surface area contributed by atoms with Gasteiger partial charge in [-0.1, -0.05) is 23.9 Å². The lowest BCUT2D eigenvalue weighted by Gasteiger charge is -2.08. The third-order valence-electron chi connectivity index (χ3n) is 2.08. The summed E-state index contributed by atoms with van der Waals surface area (Å²) in [5.41, 5.74) is 5.40. The van der Waals surface area contributed by atoms with Crippen molar-refractivity contribution in [1.82, 2.24) is 10.3 Å². The van der Waals surface area contributed by atoms with Gasteiger partial charge >= 0.3 is 0 Å². The number of carbonyl (C=O) groups is 1. The predicted octanol–water partition coefficient (Wildman–Crippen LogP) is 2.22. The molecule has 2 rings (SSSR count). The van der Waals surface area contributed by atoms with E-state index in [1.165, 1.54) is 12.1 Å². The van der Waals surface area contributed by atoms with Gasteiger partial charge < -0.3 is 11.1 Å². The summed E-state index contributed by atoms with van der Waals surface area (Å²) < 4.78 is 29.0. The lowest BCUT2D eigenvalue weighted by atomic mass is 10.3. The van der Waals surface area contributed by atoms with E-state index in [0.29, 0.717) is 11.8 Å². The molecule has 0 spiro atoms. The fourth-order valence-electron chi connectivity index (χ4n) is 1.30. The molecule has 0 fully saturated rings. The summed E-state index contributed by atoms with van der Waals surface area (Å²) in [5.74, 6) is -3.44. The van der Waals surface area contributed by atoms with Crippen molar-refractivity contribution in [2.75, 3.05) is 11.1 Å². The summed E-state index contributed by atoms with van der Waals surface area (Å²) in [6.07, 6.45) is 0. The maximum Gasteiger partial charge on any atom is 0.288 e. The zero-order chi connectivity index (χ0) is 13.8. The summed E-state index contributed by atoms with van der Waals surface area (Å²) in [4.78, 5) is 12.0. The smallest absolute Gasteiger partial charge is 0.288 e. The standard InChI is InChI=1S/C10H8F2N4O2S/c11-10(12)19-6-4-2-1-3-5(6)14-9(17)7-8(13)16-18-15-7/h1-4,10H,(H2,13,16)(H,14,17). The minimum Gasteiger partial charge on any atom is -0.379 e. The maximum atomic E-state index is 12.4. The van der Waals surface area contributed by atoms with Gasteiger partial charge in [0.1, 0.15) is 0 Å². The van der Waals surface area contributed by atoms with Crippen LogP contribution in [0.4, 0.5) is 20.3 Å². The first-order chi connectivity index (χ1) is 9.08. The average Bonchev–Trinajstić information content (AvgIpc) is 2.77. The van der Waals surface area contributed by atoms with E-state index >= 15 is 0 Å².